The highest BCUT2D eigenvalue weighted by Gasteiger charge is 2.23. The summed E-state index contributed by atoms with van der Waals surface area (Å²) in [5, 5.41) is 13.2. The molecule has 0 aliphatic heterocycles. The van der Waals surface area contributed by atoms with Crippen LogP contribution in [0.5, 0.6) is 0 Å². The molecule has 1 saturated carbocycles. The predicted molar refractivity (Wildman–Crippen MR) is 93.4 cm³/mol. The molecule has 1 fully saturated rings. The highest BCUT2D eigenvalue weighted by molar-refractivity contribution is 8.00. The molecule has 1 aliphatic carbocycles. The maximum Gasteiger partial charge on any atom is 0.230 e. The minimum absolute atomic E-state index is 0.0373. The van der Waals surface area contributed by atoms with Crippen LogP contribution >= 0.6 is 11.8 Å². The first-order valence-electron chi connectivity index (χ1n) is 8.24. The van der Waals surface area contributed by atoms with Crippen molar-refractivity contribution in [3.8, 4) is 6.07 Å². The van der Waals surface area contributed by atoms with Crippen LogP contribution < -0.4 is 5.32 Å². The SMILES string of the molecule is Cc1nc(SCC(=O)N[C@H]2CCCC[C@H]2C)c(C#N)c(C)c1C. The van der Waals surface area contributed by atoms with Crippen molar-refractivity contribution < 1.29 is 4.79 Å². The number of hydrogen-bond donors (Lipinski definition) is 1. The van der Waals surface area contributed by atoms with Crippen molar-refractivity contribution in [1.29, 1.82) is 5.26 Å². The third-order valence-electron chi connectivity index (χ3n) is 4.87. The van der Waals surface area contributed by atoms with Gasteiger partial charge in [0.25, 0.3) is 0 Å². The first-order valence-corrected chi connectivity index (χ1v) is 9.22. The van der Waals surface area contributed by atoms with Crippen molar-refractivity contribution >= 4 is 17.7 Å². The monoisotopic (exact) mass is 331 g/mol. The summed E-state index contributed by atoms with van der Waals surface area (Å²) < 4.78 is 0. The van der Waals surface area contributed by atoms with Crippen LogP contribution in [0.15, 0.2) is 5.03 Å². The van der Waals surface area contributed by atoms with E-state index in [-0.39, 0.29) is 5.91 Å². The van der Waals surface area contributed by atoms with Crippen LogP contribution in [-0.4, -0.2) is 22.7 Å². The maximum atomic E-state index is 12.2. The van der Waals surface area contributed by atoms with Crippen molar-refractivity contribution in [2.24, 2.45) is 5.92 Å². The first-order chi connectivity index (χ1) is 10.9. The summed E-state index contributed by atoms with van der Waals surface area (Å²) in [5.41, 5.74) is 3.53. The van der Waals surface area contributed by atoms with Crippen molar-refractivity contribution in [3.05, 3.63) is 22.4 Å². The Labute approximate surface area is 143 Å². The molecule has 0 spiro atoms. The smallest absolute Gasteiger partial charge is 0.230 e. The Morgan fingerprint density at radius 1 is 1.30 bits per heavy atom. The molecule has 0 unspecified atom stereocenters. The van der Waals surface area contributed by atoms with Gasteiger partial charge in [0.2, 0.25) is 5.91 Å². The minimum atomic E-state index is 0.0373. The van der Waals surface area contributed by atoms with Gasteiger partial charge in [-0.1, -0.05) is 31.5 Å². The largest absolute Gasteiger partial charge is 0.352 e. The van der Waals surface area contributed by atoms with E-state index in [1.165, 1.54) is 31.0 Å². The number of thioether (sulfide) groups is 1. The van der Waals surface area contributed by atoms with Crippen LogP contribution in [-0.2, 0) is 4.79 Å². The van der Waals surface area contributed by atoms with Crippen LogP contribution in [0.1, 0.15) is 55.0 Å². The molecule has 2 rings (SSSR count). The molecule has 0 radical (unpaired) electrons. The number of aryl methyl sites for hydroxylation is 1. The van der Waals surface area contributed by atoms with E-state index in [4.69, 9.17) is 0 Å². The van der Waals surface area contributed by atoms with Crippen molar-refractivity contribution in [3.63, 3.8) is 0 Å². The lowest BCUT2D eigenvalue weighted by Gasteiger charge is -2.29. The zero-order chi connectivity index (χ0) is 17.0. The van der Waals surface area contributed by atoms with Crippen LogP contribution in [0.4, 0.5) is 0 Å². The predicted octanol–water partition coefficient (Wildman–Crippen LogP) is 3.67. The van der Waals surface area contributed by atoms with Crippen molar-refractivity contribution in [1.82, 2.24) is 10.3 Å². The molecule has 5 heteroatoms. The Hall–Kier alpha value is -1.54. The summed E-state index contributed by atoms with van der Waals surface area (Å²) in [6.07, 6.45) is 4.72. The van der Waals surface area contributed by atoms with Crippen LogP contribution in [0.2, 0.25) is 0 Å². The highest BCUT2D eigenvalue weighted by Crippen LogP contribution is 2.27. The minimum Gasteiger partial charge on any atom is -0.352 e. The van der Waals surface area contributed by atoms with Gasteiger partial charge in [-0.05, 0) is 50.7 Å². The van der Waals surface area contributed by atoms with E-state index in [0.717, 1.165) is 23.2 Å². The number of nitrogens with one attached hydrogen (secondary N) is 1. The van der Waals surface area contributed by atoms with E-state index in [2.05, 4.69) is 23.3 Å². The number of nitriles is 1. The molecule has 1 amide bonds. The van der Waals surface area contributed by atoms with E-state index in [1.807, 2.05) is 20.8 Å². The van der Waals surface area contributed by atoms with Gasteiger partial charge in [0.05, 0.1) is 11.3 Å². The van der Waals surface area contributed by atoms with Gasteiger partial charge in [0.15, 0.2) is 0 Å². The molecular weight excluding hydrogens is 306 g/mol. The summed E-state index contributed by atoms with van der Waals surface area (Å²) in [5.74, 6) is 0.900. The lowest BCUT2D eigenvalue weighted by Crippen LogP contribution is -2.41. The van der Waals surface area contributed by atoms with Gasteiger partial charge >= 0.3 is 0 Å². The summed E-state index contributed by atoms with van der Waals surface area (Å²) in [7, 11) is 0. The van der Waals surface area contributed by atoms with Gasteiger partial charge in [-0.3, -0.25) is 4.79 Å². The number of rotatable bonds is 4. The fraction of sp³-hybridized carbons (Fsp3) is 0.611. The molecule has 1 aromatic heterocycles. The Morgan fingerprint density at radius 3 is 2.65 bits per heavy atom. The van der Waals surface area contributed by atoms with Gasteiger partial charge in [0.1, 0.15) is 11.1 Å². The molecule has 23 heavy (non-hydrogen) atoms. The second-order valence-electron chi connectivity index (χ2n) is 6.46. The number of hydrogen-bond acceptors (Lipinski definition) is 4. The zero-order valence-corrected chi connectivity index (χ0v) is 15.2. The number of carbonyl (C=O) groups excluding carboxylic acids is 1. The molecule has 1 aliphatic rings. The van der Waals surface area contributed by atoms with Gasteiger partial charge in [-0.2, -0.15) is 5.26 Å². The molecule has 0 bridgehead atoms. The fourth-order valence-electron chi connectivity index (χ4n) is 3.06. The van der Waals surface area contributed by atoms with E-state index in [1.54, 1.807) is 0 Å². The number of pyridine rings is 1. The van der Waals surface area contributed by atoms with Crippen LogP contribution in [0, 0.1) is 38.0 Å². The quantitative estimate of drug-likeness (QED) is 0.855. The number of carbonyl (C=O) groups is 1. The standard InChI is InChI=1S/C18H25N3OS/c1-11-7-5-6-8-16(11)21-17(22)10-23-18-15(9-19)13(3)12(2)14(4)20-18/h11,16H,5-8,10H2,1-4H3,(H,21,22)/t11-,16+/m1/s1. The normalized spacial score (nSPS) is 20.8. The molecule has 1 heterocycles. The fourth-order valence-corrected chi connectivity index (χ4v) is 3.96. The van der Waals surface area contributed by atoms with E-state index in [0.29, 0.717) is 28.3 Å². The Bertz CT molecular complexity index is 636. The van der Waals surface area contributed by atoms with Gasteiger partial charge in [-0.15, -0.1) is 0 Å². The van der Waals surface area contributed by atoms with Crippen molar-refractivity contribution in [2.75, 3.05) is 5.75 Å². The lowest BCUT2D eigenvalue weighted by molar-refractivity contribution is -0.119. The average molecular weight is 331 g/mol. The Kier molecular flexibility index (Phi) is 6.06. The zero-order valence-electron chi connectivity index (χ0n) is 14.4. The van der Waals surface area contributed by atoms with Crippen molar-refractivity contribution in [2.45, 2.75) is 64.4 Å². The third-order valence-corrected chi connectivity index (χ3v) is 5.85. The van der Waals surface area contributed by atoms with E-state index < -0.39 is 0 Å². The Morgan fingerprint density at radius 2 is 2.00 bits per heavy atom. The number of aromatic nitrogens is 1. The van der Waals surface area contributed by atoms with Gasteiger partial charge in [0, 0.05) is 11.7 Å². The van der Waals surface area contributed by atoms with Crippen LogP contribution in [0.25, 0.3) is 0 Å². The summed E-state index contributed by atoms with van der Waals surface area (Å²) in [6, 6.07) is 2.52. The maximum absolute atomic E-state index is 12.2. The molecule has 1 aromatic rings. The topological polar surface area (TPSA) is 65.8 Å². The Balaban J connectivity index is 2.00. The molecule has 0 aromatic carbocycles. The van der Waals surface area contributed by atoms with Crippen LogP contribution in [0.3, 0.4) is 0 Å². The second-order valence-corrected chi connectivity index (χ2v) is 7.43. The highest BCUT2D eigenvalue weighted by atomic mass is 32.2. The second kappa shape index (κ2) is 7.83. The molecular formula is C18H25N3OS. The molecule has 4 nitrogen and oxygen atoms in total. The molecule has 0 saturated heterocycles. The molecule has 1 N–H and O–H groups in total. The summed E-state index contributed by atoms with van der Waals surface area (Å²) in [4.78, 5) is 16.7. The average Bonchev–Trinajstić information content (AvgIpc) is 2.53. The first kappa shape index (κ1) is 17.8. The number of nitrogens with zero attached hydrogens (tertiary/aromatic N) is 2. The third kappa shape index (κ3) is 4.26. The van der Waals surface area contributed by atoms with Gasteiger partial charge in [-0.25, -0.2) is 4.98 Å². The van der Waals surface area contributed by atoms with E-state index in [9.17, 15) is 10.1 Å². The lowest BCUT2D eigenvalue weighted by atomic mass is 9.86. The summed E-state index contributed by atoms with van der Waals surface area (Å²) in [6.45, 7) is 8.07. The number of amides is 1. The molecule has 124 valence electrons. The van der Waals surface area contributed by atoms with Gasteiger partial charge < -0.3 is 5.32 Å². The van der Waals surface area contributed by atoms with E-state index >= 15 is 0 Å². The molecule has 2 atom stereocenters. The summed E-state index contributed by atoms with van der Waals surface area (Å²) >= 11 is 1.36.